The van der Waals surface area contributed by atoms with Gasteiger partial charge in [-0.3, -0.25) is 23.3 Å². The van der Waals surface area contributed by atoms with Gasteiger partial charge in [0.2, 0.25) is 0 Å². The van der Waals surface area contributed by atoms with Crippen molar-refractivity contribution in [3.05, 3.63) is 118 Å². The molecule has 2 aliphatic heterocycles. The molecule has 1 amide bonds. The third-order valence-corrected chi connectivity index (χ3v) is 12.6. The zero-order valence-corrected chi connectivity index (χ0v) is 32.4. The first-order valence-corrected chi connectivity index (χ1v) is 19.6. The number of halogens is 1. The van der Waals surface area contributed by atoms with Crippen LogP contribution in [0.2, 0.25) is 0 Å². The van der Waals surface area contributed by atoms with E-state index in [9.17, 15) is 19.2 Å². The number of aromatic nitrogens is 7. The van der Waals surface area contributed by atoms with Crippen LogP contribution in [-0.2, 0) is 30.4 Å². The molecule has 2 atom stereocenters. The van der Waals surface area contributed by atoms with Gasteiger partial charge in [0, 0.05) is 55.5 Å². The van der Waals surface area contributed by atoms with E-state index in [0.29, 0.717) is 70.6 Å². The van der Waals surface area contributed by atoms with Gasteiger partial charge in [0.1, 0.15) is 28.4 Å². The number of carbonyl (C=O) groups is 1. The first kappa shape index (κ1) is 35.2. The standard InChI is InChI=1S/C44H42FN9O3/c1-26-17-32(18-27(2)39(26)45)40-41(52-13-12-51(43(52)56)34-6-8-35-33(20-34)23-47-49(35)4)38-24-50(11-14-53(38)48-40)42(55)37-21-31-19-30(29-9-15-57-16-10-29)5-7-36(31)54(37)44(25-46)22-28(44)3/h5-8,12-13,17-21,23,28-29H,9-11,14-16,22,24H2,1-4H3/t28-,44+/m0/s1. The Hall–Kier alpha value is -6.26. The number of nitrogens with zero attached hydrogens (tertiary/aromatic N) is 9. The summed E-state index contributed by atoms with van der Waals surface area (Å²) in [5.41, 5.74) is 6.46. The number of ether oxygens (including phenoxy) is 1. The van der Waals surface area contributed by atoms with Crippen LogP contribution >= 0.6 is 0 Å². The molecule has 3 aromatic carbocycles. The molecule has 0 radical (unpaired) electrons. The largest absolute Gasteiger partial charge is 0.381 e. The summed E-state index contributed by atoms with van der Waals surface area (Å²) in [7, 11) is 1.88. The third kappa shape index (κ3) is 5.41. The van der Waals surface area contributed by atoms with Gasteiger partial charge >= 0.3 is 5.69 Å². The van der Waals surface area contributed by atoms with Crippen molar-refractivity contribution in [1.29, 1.82) is 5.26 Å². The second kappa shape index (κ2) is 12.9. The number of hydrogen-bond acceptors (Lipinski definition) is 6. The summed E-state index contributed by atoms with van der Waals surface area (Å²) in [6.07, 6.45) is 7.79. The van der Waals surface area contributed by atoms with E-state index in [4.69, 9.17) is 9.84 Å². The number of benzene rings is 3. The molecule has 4 aromatic heterocycles. The van der Waals surface area contributed by atoms with Crippen LogP contribution in [0, 0.1) is 36.9 Å². The van der Waals surface area contributed by atoms with Crippen molar-refractivity contribution in [3.8, 4) is 28.7 Å². The fourth-order valence-corrected chi connectivity index (χ4v) is 9.25. The summed E-state index contributed by atoms with van der Waals surface area (Å²) in [5.74, 6) is 0.00555. The molecule has 1 aliphatic carbocycles. The Kier molecular flexibility index (Phi) is 7.96. The van der Waals surface area contributed by atoms with Crippen molar-refractivity contribution in [3.63, 3.8) is 0 Å². The molecule has 10 rings (SSSR count). The van der Waals surface area contributed by atoms with E-state index in [0.717, 1.165) is 47.9 Å². The fraction of sp³-hybridized carbons (Fsp3) is 0.341. The number of amides is 1. The van der Waals surface area contributed by atoms with Crippen LogP contribution in [0.5, 0.6) is 0 Å². The monoisotopic (exact) mass is 763 g/mol. The molecule has 0 bridgehead atoms. The van der Waals surface area contributed by atoms with Crippen molar-refractivity contribution in [1.82, 2.24) is 38.2 Å². The zero-order chi connectivity index (χ0) is 39.3. The van der Waals surface area contributed by atoms with Crippen LogP contribution in [0.25, 0.3) is 44.4 Å². The first-order chi connectivity index (χ1) is 27.6. The van der Waals surface area contributed by atoms with E-state index in [1.54, 1.807) is 63.3 Å². The predicted molar refractivity (Wildman–Crippen MR) is 213 cm³/mol. The van der Waals surface area contributed by atoms with E-state index < -0.39 is 5.54 Å². The van der Waals surface area contributed by atoms with Crippen LogP contribution in [0.4, 0.5) is 4.39 Å². The van der Waals surface area contributed by atoms with Gasteiger partial charge in [-0.05, 0) is 110 Å². The van der Waals surface area contributed by atoms with E-state index in [1.807, 2.05) is 40.6 Å². The van der Waals surface area contributed by atoms with Gasteiger partial charge in [-0.1, -0.05) is 13.0 Å². The summed E-state index contributed by atoms with van der Waals surface area (Å²) in [4.78, 5) is 31.2. The molecule has 6 heterocycles. The fourth-order valence-electron chi connectivity index (χ4n) is 9.25. The average molecular weight is 764 g/mol. The number of fused-ring (bicyclic) bond motifs is 3. The van der Waals surface area contributed by atoms with Crippen molar-refractivity contribution in [2.75, 3.05) is 19.8 Å². The molecule has 288 valence electrons. The van der Waals surface area contributed by atoms with E-state index in [2.05, 4.69) is 36.3 Å². The maximum Gasteiger partial charge on any atom is 0.337 e. The molecule has 13 heteroatoms. The van der Waals surface area contributed by atoms with Gasteiger partial charge in [0.25, 0.3) is 5.91 Å². The maximum atomic E-state index is 14.9. The second-order valence-electron chi connectivity index (χ2n) is 16.1. The minimum absolute atomic E-state index is 0.0918. The summed E-state index contributed by atoms with van der Waals surface area (Å²) in [6, 6.07) is 20.2. The SMILES string of the molecule is Cc1cc(-c2nn3c(c2-n2ccn(-c4ccc5c(cnn5C)c4)c2=O)CN(C(=O)c2cc4cc(C5CCOCC5)ccc4n2[C@@]2(C#N)C[C@@H]2C)CC3)cc(C)c1F. The number of rotatable bonds is 6. The van der Waals surface area contributed by atoms with Crippen LogP contribution < -0.4 is 5.69 Å². The van der Waals surface area contributed by atoms with Crippen LogP contribution in [-0.4, -0.2) is 63.8 Å². The van der Waals surface area contributed by atoms with Gasteiger partial charge in [0.15, 0.2) is 0 Å². The minimum atomic E-state index is -0.809. The van der Waals surface area contributed by atoms with E-state index in [-0.39, 0.29) is 29.9 Å². The van der Waals surface area contributed by atoms with Crippen molar-refractivity contribution in [2.45, 2.75) is 64.6 Å². The van der Waals surface area contributed by atoms with Crippen LogP contribution in [0.15, 0.2) is 78.0 Å². The molecular formula is C44H42FN9O3. The van der Waals surface area contributed by atoms with Crippen LogP contribution in [0.3, 0.4) is 0 Å². The summed E-state index contributed by atoms with van der Waals surface area (Å²) in [6.45, 7) is 7.90. The number of nitriles is 1. The van der Waals surface area contributed by atoms with Crippen molar-refractivity contribution in [2.24, 2.45) is 13.0 Å². The van der Waals surface area contributed by atoms with E-state index >= 15 is 0 Å². The Morgan fingerprint density at radius 1 is 0.965 bits per heavy atom. The molecule has 1 saturated heterocycles. The Morgan fingerprint density at radius 2 is 1.70 bits per heavy atom. The summed E-state index contributed by atoms with van der Waals surface area (Å²) < 4.78 is 29.4. The number of aryl methyl sites for hydroxylation is 3. The highest BCUT2D eigenvalue weighted by Crippen LogP contribution is 2.52. The zero-order valence-electron chi connectivity index (χ0n) is 32.4. The van der Waals surface area contributed by atoms with Gasteiger partial charge < -0.3 is 14.2 Å². The lowest BCUT2D eigenvalue weighted by Crippen LogP contribution is -2.40. The Balaban J connectivity index is 1.08. The van der Waals surface area contributed by atoms with E-state index in [1.165, 1.54) is 5.56 Å². The average Bonchev–Trinajstić information content (AvgIpc) is 3.67. The number of carbonyl (C=O) groups excluding carboxylic acids is 1. The lowest BCUT2D eigenvalue weighted by atomic mass is 9.91. The minimum Gasteiger partial charge on any atom is -0.381 e. The Morgan fingerprint density at radius 3 is 2.44 bits per heavy atom. The van der Waals surface area contributed by atoms with Gasteiger partial charge in [0.05, 0.1) is 47.8 Å². The lowest BCUT2D eigenvalue weighted by Gasteiger charge is -2.29. The van der Waals surface area contributed by atoms with Gasteiger partial charge in [-0.2, -0.15) is 15.5 Å². The Bertz CT molecular complexity index is 2870. The molecule has 3 aliphatic rings. The highest BCUT2D eigenvalue weighted by atomic mass is 19.1. The van der Waals surface area contributed by atoms with Gasteiger partial charge in [-0.25, -0.2) is 9.18 Å². The molecule has 12 nitrogen and oxygen atoms in total. The number of imidazole rings is 1. The predicted octanol–water partition coefficient (Wildman–Crippen LogP) is 6.90. The molecule has 0 spiro atoms. The molecule has 0 N–H and O–H groups in total. The quantitative estimate of drug-likeness (QED) is 0.182. The smallest absolute Gasteiger partial charge is 0.337 e. The highest BCUT2D eigenvalue weighted by Gasteiger charge is 2.55. The first-order valence-electron chi connectivity index (χ1n) is 19.6. The topological polar surface area (TPSA) is 121 Å². The summed E-state index contributed by atoms with van der Waals surface area (Å²) >= 11 is 0. The van der Waals surface area contributed by atoms with Crippen molar-refractivity contribution < 1.29 is 13.9 Å². The lowest BCUT2D eigenvalue weighted by molar-refractivity contribution is 0.0693. The normalized spacial score (nSPS) is 19.6. The molecule has 57 heavy (non-hydrogen) atoms. The molecule has 0 unspecified atom stereocenters. The molecule has 1 saturated carbocycles. The van der Waals surface area contributed by atoms with Crippen molar-refractivity contribution >= 4 is 27.7 Å². The highest BCUT2D eigenvalue weighted by molar-refractivity contribution is 5.99. The number of hydrogen-bond donors (Lipinski definition) is 0. The van der Waals surface area contributed by atoms with Crippen LogP contribution in [0.1, 0.15) is 65.0 Å². The molecule has 2 fully saturated rings. The second-order valence-corrected chi connectivity index (χ2v) is 16.1. The molecule has 7 aromatic rings. The third-order valence-electron chi connectivity index (χ3n) is 12.6. The Labute approximate surface area is 327 Å². The summed E-state index contributed by atoms with van der Waals surface area (Å²) in [5, 5.41) is 21.8. The molecular weight excluding hydrogens is 722 g/mol. The van der Waals surface area contributed by atoms with Gasteiger partial charge in [-0.15, -0.1) is 0 Å². The maximum absolute atomic E-state index is 14.9.